The monoisotopic (exact) mass is 569 g/mol. The van der Waals surface area contributed by atoms with Gasteiger partial charge in [0.25, 0.3) is 10.1 Å². The molecule has 2 N–H and O–H groups in total. The minimum Gasteiger partial charge on any atom is -0.347 e. The molecule has 5 heterocycles. The zero-order chi connectivity index (χ0) is 25.8. The van der Waals surface area contributed by atoms with Crippen LogP contribution < -0.4 is 4.90 Å². The number of anilines is 1. The molecule has 10 nitrogen and oxygen atoms in total. The second-order valence-corrected chi connectivity index (χ2v) is 13.2. The Kier molecular flexibility index (Phi) is 6.39. The summed E-state index contributed by atoms with van der Waals surface area (Å²) in [6, 6.07) is 11.1. The number of imide groups is 1. The molecule has 0 bridgehead atoms. The van der Waals surface area contributed by atoms with Crippen LogP contribution in [0, 0.1) is 0 Å². The Morgan fingerprint density at radius 3 is 2.36 bits per heavy atom. The Morgan fingerprint density at radius 2 is 1.72 bits per heavy atom. The fraction of sp³-hybridized carbons (Fsp3) is 0.318. The highest BCUT2D eigenvalue weighted by Gasteiger charge is 2.66. The Balaban J connectivity index is 1.36. The molecule has 14 heteroatoms. The Hall–Kier alpha value is -2.46. The Morgan fingerprint density at radius 1 is 1.06 bits per heavy atom. The van der Waals surface area contributed by atoms with Crippen LogP contribution >= 0.6 is 34.0 Å². The van der Waals surface area contributed by atoms with E-state index in [1.807, 2.05) is 41.5 Å². The van der Waals surface area contributed by atoms with E-state index in [9.17, 15) is 32.6 Å². The molecule has 2 amide bonds. The van der Waals surface area contributed by atoms with Crippen LogP contribution in [0.25, 0.3) is 19.5 Å². The molecular weight excluding hydrogens is 549 g/mol. The van der Waals surface area contributed by atoms with Crippen LogP contribution in [0.3, 0.4) is 0 Å². The van der Waals surface area contributed by atoms with Crippen molar-refractivity contribution in [2.24, 2.45) is 0 Å². The molecule has 3 aromatic rings. The topological polar surface area (TPSA) is 138 Å². The summed E-state index contributed by atoms with van der Waals surface area (Å²) >= 11 is 4.81. The highest BCUT2D eigenvalue weighted by Crippen LogP contribution is 2.43. The summed E-state index contributed by atoms with van der Waals surface area (Å²) in [6.07, 6.45) is -0.0247. The average molecular weight is 570 g/mol. The molecule has 0 saturated carbocycles. The maximum Gasteiger partial charge on any atom is 0.417 e. The van der Waals surface area contributed by atoms with E-state index < -0.39 is 50.4 Å². The first-order chi connectivity index (χ1) is 17.0. The zero-order valence-corrected chi connectivity index (χ0v) is 22.0. The smallest absolute Gasteiger partial charge is 0.347 e. The fourth-order valence-corrected chi connectivity index (χ4v) is 8.25. The number of hydrogen-bond donors (Lipinski definition) is 2. The number of rotatable bonds is 6. The molecule has 36 heavy (non-hydrogen) atoms. The lowest BCUT2D eigenvalue weighted by molar-refractivity contribution is -1.12. The average Bonchev–Trinajstić information content (AvgIpc) is 3.61. The van der Waals surface area contributed by atoms with Crippen molar-refractivity contribution in [2.45, 2.75) is 43.5 Å². The third-order valence-electron chi connectivity index (χ3n) is 6.25. The maximum absolute atomic E-state index is 13.0. The third kappa shape index (κ3) is 4.32. The van der Waals surface area contributed by atoms with Gasteiger partial charge in [0.2, 0.25) is 5.25 Å². The van der Waals surface area contributed by atoms with Crippen LogP contribution in [0.4, 0.5) is 5.00 Å². The highest BCUT2D eigenvalue weighted by atomic mass is 32.2. The number of hydroxylamine groups is 4. The van der Waals surface area contributed by atoms with E-state index in [1.165, 1.54) is 16.2 Å². The van der Waals surface area contributed by atoms with Crippen LogP contribution in [-0.4, -0.2) is 58.1 Å². The number of quaternary nitrogens is 1. The number of thiophene rings is 3. The number of nitrogens with zero attached hydrogens (tertiary/aromatic N) is 2. The molecule has 0 aliphatic carbocycles. The second-order valence-electron chi connectivity index (χ2n) is 8.55. The fourth-order valence-electron chi connectivity index (χ4n) is 4.41. The molecule has 2 aliphatic heterocycles. The van der Waals surface area contributed by atoms with Gasteiger partial charge < -0.3 is 4.90 Å². The van der Waals surface area contributed by atoms with E-state index in [0.717, 1.165) is 19.6 Å². The van der Waals surface area contributed by atoms with Crippen LogP contribution in [-0.2, 0) is 29.3 Å². The van der Waals surface area contributed by atoms with Gasteiger partial charge in [-0.2, -0.15) is 13.6 Å². The predicted octanol–water partition coefficient (Wildman–Crippen LogP) is 3.94. The second kappa shape index (κ2) is 9.13. The van der Waals surface area contributed by atoms with Crippen LogP contribution in [0.1, 0.15) is 26.2 Å². The lowest BCUT2D eigenvalue weighted by Crippen LogP contribution is -2.55. The lowest BCUT2D eigenvalue weighted by Gasteiger charge is -2.28. The number of amides is 2. The third-order valence-corrected chi connectivity index (χ3v) is 10.8. The normalized spacial score (nSPS) is 26.6. The van der Waals surface area contributed by atoms with Gasteiger partial charge in [-0.25, -0.2) is 19.2 Å². The molecule has 2 aliphatic rings. The molecule has 0 aromatic carbocycles. The number of hydrogen-bond acceptors (Lipinski definition) is 11. The van der Waals surface area contributed by atoms with E-state index in [4.69, 9.17) is 4.84 Å². The molecule has 0 radical (unpaired) electrons. The van der Waals surface area contributed by atoms with Crippen molar-refractivity contribution < 1.29 is 42.2 Å². The number of carbonyl (C=O) groups excluding carboxylic acids is 3. The molecule has 4 atom stereocenters. The van der Waals surface area contributed by atoms with Gasteiger partial charge in [0, 0.05) is 25.6 Å². The van der Waals surface area contributed by atoms with Crippen LogP contribution in [0.2, 0.25) is 0 Å². The van der Waals surface area contributed by atoms with Gasteiger partial charge in [0.05, 0.1) is 5.00 Å². The molecule has 3 unspecified atom stereocenters. The molecule has 5 rings (SSSR count). The van der Waals surface area contributed by atoms with E-state index in [2.05, 4.69) is 12.1 Å². The maximum atomic E-state index is 13.0. The quantitative estimate of drug-likeness (QED) is 0.196. The molecule has 0 spiro atoms. The summed E-state index contributed by atoms with van der Waals surface area (Å²) < 4.78 is 32.0. The van der Waals surface area contributed by atoms with E-state index in [0.29, 0.717) is 12.8 Å². The molecule has 3 aromatic heterocycles. The van der Waals surface area contributed by atoms with Gasteiger partial charge in [0.1, 0.15) is 17.3 Å². The van der Waals surface area contributed by atoms with Crippen molar-refractivity contribution in [3.05, 3.63) is 41.8 Å². The van der Waals surface area contributed by atoms with Crippen molar-refractivity contribution in [2.75, 3.05) is 4.90 Å². The van der Waals surface area contributed by atoms with Gasteiger partial charge in [-0.3, -0.25) is 4.55 Å². The van der Waals surface area contributed by atoms with Gasteiger partial charge in [-0.15, -0.1) is 34.0 Å². The molecule has 2 saturated heterocycles. The van der Waals surface area contributed by atoms with Crippen molar-refractivity contribution >= 4 is 66.9 Å². The largest absolute Gasteiger partial charge is 0.417 e. The molecule has 190 valence electrons. The standard InChI is InChI=1S/C22H20N2O8S4/c1-12-4-5-13(22(27)32-24(28)20(25)11-18(21(24)26)36(29,30)31)23(12)19-9-8-17(35-19)16-7-6-15(34-16)14-3-2-10-33-14/h2-3,6-10,12-13,18,28H,4-5,11H2,1H3/p+1/t12?,13-,18?,24?/m0/s1. The van der Waals surface area contributed by atoms with Crippen LogP contribution in [0.15, 0.2) is 41.8 Å². The first-order valence-corrected chi connectivity index (χ1v) is 14.9. The van der Waals surface area contributed by atoms with Crippen molar-refractivity contribution in [1.82, 2.24) is 0 Å². The summed E-state index contributed by atoms with van der Waals surface area (Å²) in [5.74, 6) is -4.00. The molecule has 2 fully saturated rings. The summed E-state index contributed by atoms with van der Waals surface area (Å²) in [5, 5.41) is 11.1. The van der Waals surface area contributed by atoms with Crippen molar-refractivity contribution in [3.8, 4) is 19.5 Å². The first-order valence-electron chi connectivity index (χ1n) is 10.9. The lowest BCUT2D eigenvalue weighted by atomic mass is 10.2. The molecular formula is C22H21N2O8S4+. The summed E-state index contributed by atoms with van der Waals surface area (Å²) in [6.45, 7) is 1.93. The summed E-state index contributed by atoms with van der Waals surface area (Å²) in [5.41, 5.74) is 0. The SMILES string of the molecule is CC1CC[C@@H](C(=O)O[N+]2(O)C(=O)CC(S(=O)(=O)O)C2=O)N1c1ccc(-c2ccc(-c3cccs3)s2)s1. The minimum absolute atomic E-state index is 0.0678. The van der Waals surface area contributed by atoms with E-state index in [-0.39, 0.29) is 6.04 Å². The van der Waals surface area contributed by atoms with Crippen molar-refractivity contribution in [3.63, 3.8) is 0 Å². The van der Waals surface area contributed by atoms with E-state index >= 15 is 0 Å². The zero-order valence-electron chi connectivity index (χ0n) is 18.8. The Bertz CT molecular complexity index is 1440. The predicted molar refractivity (Wildman–Crippen MR) is 134 cm³/mol. The van der Waals surface area contributed by atoms with Crippen molar-refractivity contribution in [1.29, 1.82) is 0 Å². The summed E-state index contributed by atoms with van der Waals surface area (Å²) in [4.78, 5) is 46.4. The summed E-state index contributed by atoms with van der Waals surface area (Å²) in [7, 11) is -4.95. The van der Waals surface area contributed by atoms with Gasteiger partial charge in [-0.1, -0.05) is 6.07 Å². The number of carbonyl (C=O) groups is 3. The van der Waals surface area contributed by atoms with Gasteiger partial charge >= 0.3 is 17.8 Å². The highest BCUT2D eigenvalue weighted by molar-refractivity contribution is 7.87. The van der Waals surface area contributed by atoms with Crippen LogP contribution in [0.5, 0.6) is 0 Å². The van der Waals surface area contributed by atoms with Gasteiger partial charge in [-0.05, 0) is 55.5 Å². The minimum atomic E-state index is -4.95. The Labute approximate surface area is 218 Å². The first kappa shape index (κ1) is 25.2. The van der Waals surface area contributed by atoms with E-state index in [1.54, 1.807) is 22.7 Å². The van der Waals surface area contributed by atoms with Gasteiger partial charge in [0.15, 0.2) is 0 Å².